The molecule has 0 saturated heterocycles. The highest BCUT2D eigenvalue weighted by Crippen LogP contribution is 2.27. The van der Waals surface area contributed by atoms with Gasteiger partial charge in [-0.3, -0.25) is 0 Å². The summed E-state index contributed by atoms with van der Waals surface area (Å²) >= 11 is 1.73. The largest absolute Gasteiger partial charge is 0.398 e. The van der Waals surface area contributed by atoms with E-state index in [0.717, 1.165) is 29.3 Å². The minimum absolute atomic E-state index is 0.726. The summed E-state index contributed by atoms with van der Waals surface area (Å²) in [7, 11) is 0. The van der Waals surface area contributed by atoms with Gasteiger partial charge in [-0.05, 0) is 24.8 Å². The van der Waals surface area contributed by atoms with E-state index in [-0.39, 0.29) is 0 Å². The number of hydrogen-bond acceptors (Lipinski definition) is 3. The van der Waals surface area contributed by atoms with E-state index in [4.69, 9.17) is 5.73 Å². The third kappa shape index (κ3) is 3.07. The molecule has 90 valence electrons. The summed E-state index contributed by atoms with van der Waals surface area (Å²) in [6.07, 6.45) is 2.26. The number of rotatable bonds is 4. The van der Waals surface area contributed by atoms with Crippen LogP contribution < -0.4 is 5.73 Å². The normalized spacial score (nSPS) is 11.0. The molecule has 17 heavy (non-hydrogen) atoms. The molecular formula is C14H18N2S. The smallest absolute Gasteiger partial charge is 0.0932 e. The SMILES string of the molecule is CC(C)CCc1nc(-c2ccccc2N)cs1. The molecule has 0 fully saturated rings. The zero-order chi connectivity index (χ0) is 12.3. The summed E-state index contributed by atoms with van der Waals surface area (Å²) in [5, 5.41) is 3.30. The standard InChI is InChI=1S/C14H18N2S/c1-10(2)7-8-14-16-13(9-17-14)11-5-3-4-6-12(11)15/h3-6,9-10H,7-8,15H2,1-2H3. The predicted molar refractivity (Wildman–Crippen MR) is 75.1 cm³/mol. The number of aromatic nitrogens is 1. The number of hydrogen-bond donors (Lipinski definition) is 1. The van der Waals surface area contributed by atoms with Crippen LogP contribution in [0.15, 0.2) is 29.6 Å². The molecule has 2 nitrogen and oxygen atoms in total. The molecule has 3 heteroatoms. The van der Waals surface area contributed by atoms with E-state index in [2.05, 4.69) is 24.2 Å². The molecule has 0 aliphatic rings. The van der Waals surface area contributed by atoms with Gasteiger partial charge in [0.1, 0.15) is 0 Å². The van der Waals surface area contributed by atoms with Gasteiger partial charge in [-0.1, -0.05) is 32.0 Å². The molecule has 0 aliphatic heterocycles. The summed E-state index contributed by atoms with van der Waals surface area (Å²) in [4.78, 5) is 4.65. The lowest BCUT2D eigenvalue weighted by molar-refractivity contribution is 0.586. The predicted octanol–water partition coefficient (Wildman–Crippen LogP) is 3.98. The number of thiazole rings is 1. The van der Waals surface area contributed by atoms with Gasteiger partial charge in [0.05, 0.1) is 10.7 Å². The van der Waals surface area contributed by atoms with Crippen molar-refractivity contribution >= 4 is 17.0 Å². The minimum atomic E-state index is 0.726. The topological polar surface area (TPSA) is 38.9 Å². The Hall–Kier alpha value is -1.35. The molecule has 0 unspecified atom stereocenters. The molecule has 0 radical (unpaired) electrons. The number of nitrogen functional groups attached to an aromatic ring is 1. The van der Waals surface area contributed by atoms with Crippen molar-refractivity contribution in [2.75, 3.05) is 5.73 Å². The van der Waals surface area contributed by atoms with Crippen LogP contribution in [0.5, 0.6) is 0 Å². The van der Waals surface area contributed by atoms with Crippen LogP contribution in [0.2, 0.25) is 0 Å². The number of nitrogens with zero attached hydrogens (tertiary/aromatic N) is 1. The first-order valence-corrected chi connectivity index (χ1v) is 6.84. The maximum atomic E-state index is 5.95. The second kappa shape index (κ2) is 5.32. The van der Waals surface area contributed by atoms with Gasteiger partial charge in [-0.25, -0.2) is 4.98 Å². The van der Waals surface area contributed by atoms with Crippen LogP contribution in [0, 0.1) is 5.92 Å². The molecule has 0 amide bonds. The first-order chi connectivity index (χ1) is 8.16. The van der Waals surface area contributed by atoms with Crippen molar-refractivity contribution in [1.82, 2.24) is 4.98 Å². The highest BCUT2D eigenvalue weighted by Gasteiger charge is 2.07. The molecule has 1 heterocycles. The van der Waals surface area contributed by atoms with Crippen LogP contribution in [-0.4, -0.2) is 4.98 Å². The van der Waals surface area contributed by atoms with Crippen molar-refractivity contribution in [3.8, 4) is 11.3 Å². The second-order valence-electron chi connectivity index (χ2n) is 4.65. The van der Waals surface area contributed by atoms with Crippen molar-refractivity contribution in [2.24, 2.45) is 5.92 Å². The highest BCUT2D eigenvalue weighted by atomic mass is 32.1. The van der Waals surface area contributed by atoms with E-state index in [0.29, 0.717) is 0 Å². The van der Waals surface area contributed by atoms with Gasteiger partial charge >= 0.3 is 0 Å². The van der Waals surface area contributed by atoms with Gasteiger partial charge in [-0.15, -0.1) is 11.3 Å². The average molecular weight is 246 g/mol. The fourth-order valence-corrected chi connectivity index (χ4v) is 2.51. The Bertz CT molecular complexity index is 488. The molecule has 0 saturated carbocycles. The summed E-state index contributed by atoms with van der Waals surface area (Å²) < 4.78 is 0. The Morgan fingerprint density at radius 1 is 1.29 bits per heavy atom. The Morgan fingerprint density at radius 2 is 2.06 bits per heavy atom. The van der Waals surface area contributed by atoms with Crippen molar-refractivity contribution < 1.29 is 0 Å². The lowest BCUT2D eigenvalue weighted by Gasteiger charge is -2.02. The first kappa shape index (κ1) is 12.1. The summed E-state index contributed by atoms with van der Waals surface area (Å²) in [6.45, 7) is 4.48. The third-order valence-corrected chi connectivity index (χ3v) is 3.63. The first-order valence-electron chi connectivity index (χ1n) is 5.96. The van der Waals surface area contributed by atoms with Gasteiger partial charge < -0.3 is 5.73 Å². The Morgan fingerprint density at radius 3 is 2.76 bits per heavy atom. The summed E-state index contributed by atoms with van der Waals surface area (Å²) in [5.74, 6) is 0.726. The quantitative estimate of drug-likeness (QED) is 0.829. The number of benzene rings is 1. The molecular weight excluding hydrogens is 228 g/mol. The molecule has 2 rings (SSSR count). The lowest BCUT2D eigenvalue weighted by Crippen LogP contribution is -1.92. The summed E-state index contributed by atoms with van der Waals surface area (Å²) in [6, 6.07) is 7.89. The third-order valence-electron chi connectivity index (χ3n) is 2.72. The maximum absolute atomic E-state index is 5.95. The van der Waals surface area contributed by atoms with E-state index in [1.807, 2.05) is 24.3 Å². The maximum Gasteiger partial charge on any atom is 0.0932 e. The fourth-order valence-electron chi connectivity index (χ4n) is 1.69. The van der Waals surface area contributed by atoms with Crippen LogP contribution in [-0.2, 0) is 6.42 Å². The zero-order valence-corrected chi connectivity index (χ0v) is 11.1. The lowest BCUT2D eigenvalue weighted by atomic mass is 10.1. The van der Waals surface area contributed by atoms with E-state index in [1.54, 1.807) is 11.3 Å². The molecule has 1 aromatic carbocycles. The molecule has 2 N–H and O–H groups in total. The van der Waals surface area contributed by atoms with Crippen LogP contribution in [0.3, 0.4) is 0 Å². The van der Waals surface area contributed by atoms with Crippen molar-refractivity contribution in [2.45, 2.75) is 26.7 Å². The van der Waals surface area contributed by atoms with Crippen LogP contribution >= 0.6 is 11.3 Å². The number of nitrogens with two attached hydrogens (primary N) is 1. The molecule has 0 bridgehead atoms. The molecule has 1 aromatic heterocycles. The molecule has 0 atom stereocenters. The molecule has 2 aromatic rings. The van der Waals surface area contributed by atoms with Gasteiger partial charge in [0.25, 0.3) is 0 Å². The number of para-hydroxylation sites is 1. The van der Waals surface area contributed by atoms with Gasteiger partial charge in [0.2, 0.25) is 0 Å². The number of anilines is 1. The zero-order valence-electron chi connectivity index (χ0n) is 10.3. The minimum Gasteiger partial charge on any atom is -0.398 e. The number of aryl methyl sites for hydroxylation is 1. The van der Waals surface area contributed by atoms with Crippen molar-refractivity contribution in [3.63, 3.8) is 0 Å². The Balaban J connectivity index is 2.16. The van der Waals surface area contributed by atoms with Gasteiger partial charge in [-0.2, -0.15) is 0 Å². The second-order valence-corrected chi connectivity index (χ2v) is 5.59. The highest BCUT2D eigenvalue weighted by molar-refractivity contribution is 7.09. The van der Waals surface area contributed by atoms with Crippen LogP contribution in [0.25, 0.3) is 11.3 Å². The van der Waals surface area contributed by atoms with Crippen LogP contribution in [0.1, 0.15) is 25.3 Å². The van der Waals surface area contributed by atoms with Gasteiger partial charge in [0, 0.05) is 16.6 Å². The Kier molecular flexibility index (Phi) is 3.79. The average Bonchev–Trinajstić information content (AvgIpc) is 2.75. The fraction of sp³-hybridized carbons (Fsp3) is 0.357. The van der Waals surface area contributed by atoms with E-state index in [9.17, 15) is 0 Å². The van der Waals surface area contributed by atoms with E-state index in [1.165, 1.54) is 11.4 Å². The van der Waals surface area contributed by atoms with E-state index < -0.39 is 0 Å². The molecule has 0 aliphatic carbocycles. The van der Waals surface area contributed by atoms with Crippen molar-refractivity contribution in [1.29, 1.82) is 0 Å². The monoisotopic (exact) mass is 246 g/mol. The Labute approximate surface area is 107 Å². The summed E-state index contributed by atoms with van der Waals surface area (Å²) in [5.41, 5.74) is 8.80. The van der Waals surface area contributed by atoms with Gasteiger partial charge in [0.15, 0.2) is 0 Å². The molecule has 0 spiro atoms. The van der Waals surface area contributed by atoms with Crippen LogP contribution in [0.4, 0.5) is 5.69 Å². The van der Waals surface area contributed by atoms with Crippen molar-refractivity contribution in [3.05, 3.63) is 34.7 Å². The van der Waals surface area contributed by atoms with E-state index >= 15 is 0 Å².